The van der Waals surface area contributed by atoms with E-state index in [2.05, 4.69) is 23.0 Å². The minimum atomic E-state index is 0.150. The highest BCUT2D eigenvalue weighted by Crippen LogP contribution is 2.31. The molecule has 0 N–H and O–H groups in total. The molecular weight excluding hydrogens is 224 g/mol. The zero-order chi connectivity index (χ0) is 11.1. The number of ether oxygens (including phenoxy) is 1. The Balaban J connectivity index is 1.96. The van der Waals surface area contributed by atoms with Crippen molar-refractivity contribution in [2.24, 2.45) is 0 Å². The molecule has 2 aliphatic heterocycles. The van der Waals surface area contributed by atoms with Crippen LogP contribution >= 0.6 is 11.6 Å². The van der Waals surface area contributed by atoms with E-state index in [4.69, 9.17) is 16.3 Å². The van der Waals surface area contributed by atoms with Crippen molar-refractivity contribution in [3.8, 4) is 5.88 Å². The molecule has 0 unspecified atom stereocenters. The lowest BCUT2D eigenvalue weighted by molar-refractivity contribution is 0.152. The van der Waals surface area contributed by atoms with Crippen molar-refractivity contribution < 1.29 is 4.74 Å². The third-order valence-electron chi connectivity index (χ3n) is 3.11. The lowest BCUT2D eigenvalue weighted by Gasteiger charge is -2.34. The van der Waals surface area contributed by atoms with E-state index in [9.17, 15) is 0 Å². The van der Waals surface area contributed by atoms with Gasteiger partial charge in [-0.05, 0) is 18.7 Å². The minimum absolute atomic E-state index is 0.150. The fourth-order valence-electron chi connectivity index (χ4n) is 2.22. The number of aromatic nitrogens is 1. The first-order valence-electron chi connectivity index (χ1n) is 5.42. The van der Waals surface area contributed by atoms with Crippen LogP contribution in [0.2, 0.25) is 5.15 Å². The van der Waals surface area contributed by atoms with Gasteiger partial charge in [0.2, 0.25) is 5.88 Å². The highest BCUT2D eigenvalue weighted by molar-refractivity contribution is 6.29. The fraction of sp³-hybridized carbons (Fsp3) is 0.417. The van der Waals surface area contributed by atoms with Crippen molar-refractivity contribution in [3.63, 3.8) is 0 Å². The minimum Gasteiger partial charge on any atom is -0.468 e. The van der Waals surface area contributed by atoms with Crippen LogP contribution in [-0.4, -0.2) is 36.1 Å². The quantitative estimate of drug-likeness (QED) is 0.508. The number of rotatable bonds is 0. The molecule has 0 aliphatic carbocycles. The molecule has 0 radical (unpaired) electrons. The molecule has 16 heavy (non-hydrogen) atoms. The topological polar surface area (TPSA) is 25.4 Å². The first kappa shape index (κ1) is 10.1. The van der Waals surface area contributed by atoms with E-state index in [1.165, 1.54) is 5.57 Å². The molecule has 3 nitrogen and oxygen atoms in total. The molecule has 1 aromatic heterocycles. The van der Waals surface area contributed by atoms with Crippen molar-refractivity contribution >= 4 is 11.6 Å². The Labute approximate surface area is 99.7 Å². The molecule has 4 heteroatoms. The molecule has 0 aromatic carbocycles. The number of likely N-dealkylation sites (N-methyl/N-ethyl adjacent to an activating group) is 1. The summed E-state index contributed by atoms with van der Waals surface area (Å²) in [6.45, 7) is 1.94. The van der Waals surface area contributed by atoms with Crippen LogP contribution in [0.5, 0.6) is 5.88 Å². The molecule has 3 heterocycles. The Morgan fingerprint density at radius 3 is 3.25 bits per heavy atom. The number of fused-ring (bicyclic) bond motifs is 2. The lowest BCUT2D eigenvalue weighted by Crippen LogP contribution is -2.41. The van der Waals surface area contributed by atoms with Gasteiger partial charge in [0, 0.05) is 25.1 Å². The average Bonchev–Trinajstić information content (AvgIpc) is 2.26. The zero-order valence-electron chi connectivity index (χ0n) is 9.11. The van der Waals surface area contributed by atoms with Gasteiger partial charge in [-0.1, -0.05) is 23.7 Å². The SMILES string of the molecule is CN1CC=C2Cc3ccc(Cl)nc3O[C@H]2C1. The van der Waals surface area contributed by atoms with Gasteiger partial charge in [0.25, 0.3) is 0 Å². The Hall–Kier alpha value is -1.06. The van der Waals surface area contributed by atoms with E-state index in [0.717, 1.165) is 25.1 Å². The van der Waals surface area contributed by atoms with Crippen LogP contribution < -0.4 is 4.74 Å². The second-order valence-electron chi connectivity index (χ2n) is 4.38. The van der Waals surface area contributed by atoms with Crippen LogP contribution in [0.1, 0.15) is 5.56 Å². The number of halogens is 1. The van der Waals surface area contributed by atoms with Crippen molar-refractivity contribution in [2.45, 2.75) is 12.5 Å². The second kappa shape index (κ2) is 3.75. The van der Waals surface area contributed by atoms with Crippen LogP contribution in [0.15, 0.2) is 23.8 Å². The number of pyridine rings is 1. The van der Waals surface area contributed by atoms with Gasteiger partial charge in [-0.25, -0.2) is 4.98 Å². The molecule has 1 aromatic rings. The first-order valence-corrected chi connectivity index (χ1v) is 5.80. The van der Waals surface area contributed by atoms with Gasteiger partial charge in [-0.2, -0.15) is 0 Å². The van der Waals surface area contributed by atoms with Gasteiger partial charge in [-0.15, -0.1) is 0 Å². The normalized spacial score (nSPS) is 24.1. The van der Waals surface area contributed by atoms with Gasteiger partial charge in [0.05, 0.1) is 0 Å². The summed E-state index contributed by atoms with van der Waals surface area (Å²) in [6.07, 6.45) is 3.35. The Morgan fingerprint density at radius 1 is 1.50 bits per heavy atom. The van der Waals surface area contributed by atoms with Crippen molar-refractivity contribution in [2.75, 3.05) is 20.1 Å². The Kier molecular flexibility index (Phi) is 2.37. The third-order valence-corrected chi connectivity index (χ3v) is 3.32. The molecular formula is C12H13ClN2O. The summed E-state index contributed by atoms with van der Waals surface area (Å²) in [4.78, 5) is 6.47. The average molecular weight is 237 g/mol. The van der Waals surface area contributed by atoms with Crippen LogP contribution in [0.25, 0.3) is 0 Å². The third kappa shape index (κ3) is 1.70. The van der Waals surface area contributed by atoms with Crippen molar-refractivity contribution in [1.82, 2.24) is 9.88 Å². The monoisotopic (exact) mass is 236 g/mol. The summed E-state index contributed by atoms with van der Waals surface area (Å²) in [5.74, 6) is 0.699. The molecule has 2 aliphatic rings. The smallest absolute Gasteiger partial charge is 0.218 e. The Morgan fingerprint density at radius 2 is 2.38 bits per heavy atom. The van der Waals surface area contributed by atoms with Crippen molar-refractivity contribution in [1.29, 1.82) is 0 Å². The summed E-state index contributed by atoms with van der Waals surface area (Å²) in [6, 6.07) is 3.82. The van der Waals surface area contributed by atoms with E-state index < -0.39 is 0 Å². The standard InChI is InChI=1S/C12H13ClN2O/c1-15-5-4-8-6-9-2-3-11(13)14-12(9)16-10(8)7-15/h2-4,10H,5-7H2,1H3/t10-/m0/s1. The first-order chi connectivity index (χ1) is 7.72. The van der Waals surface area contributed by atoms with Gasteiger partial charge in [-0.3, -0.25) is 4.90 Å². The molecule has 84 valence electrons. The van der Waals surface area contributed by atoms with E-state index in [1.807, 2.05) is 12.1 Å². The molecule has 1 atom stereocenters. The van der Waals surface area contributed by atoms with E-state index in [1.54, 1.807) is 0 Å². The van der Waals surface area contributed by atoms with Gasteiger partial charge in [0.1, 0.15) is 11.3 Å². The van der Waals surface area contributed by atoms with Crippen LogP contribution in [0, 0.1) is 0 Å². The maximum Gasteiger partial charge on any atom is 0.218 e. The van der Waals surface area contributed by atoms with E-state index >= 15 is 0 Å². The second-order valence-corrected chi connectivity index (χ2v) is 4.77. The predicted octanol–water partition coefficient (Wildman–Crippen LogP) is 1.91. The van der Waals surface area contributed by atoms with Crippen LogP contribution in [0.4, 0.5) is 0 Å². The molecule has 0 fully saturated rings. The van der Waals surface area contributed by atoms with Crippen molar-refractivity contribution in [3.05, 3.63) is 34.5 Å². The molecule has 0 amide bonds. The summed E-state index contributed by atoms with van der Waals surface area (Å²) in [7, 11) is 2.09. The largest absolute Gasteiger partial charge is 0.468 e. The summed E-state index contributed by atoms with van der Waals surface area (Å²) < 4.78 is 5.88. The summed E-state index contributed by atoms with van der Waals surface area (Å²) in [5.41, 5.74) is 2.51. The number of hydrogen-bond donors (Lipinski definition) is 0. The van der Waals surface area contributed by atoms with E-state index in [-0.39, 0.29) is 6.10 Å². The molecule has 0 bridgehead atoms. The predicted molar refractivity (Wildman–Crippen MR) is 62.9 cm³/mol. The van der Waals surface area contributed by atoms with Crippen LogP contribution in [0.3, 0.4) is 0 Å². The van der Waals surface area contributed by atoms with Gasteiger partial charge < -0.3 is 4.74 Å². The van der Waals surface area contributed by atoms with Gasteiger partial charge in [0.15, 0.2) is 0 Å². The van der Waals surface area contributed by atoms with E-state index in [0.29, 0.717) is 11.0 Å². The highest BCUT2D eigenvalue weighted by Gasteiger charge is 2.28. The molecule has 0 saturated heterocycles. The maximum absolute atomic E-state index is 5.88. The molecule has 0 spiro atoms. The summed E-state index contributed by atoms with van der Waals surface area (Å²) in [5, 5.41) is 0.496. The number of nitrogens with zero attached hydrogens (tertiary/aromatic N) is 2. The number of hydrogen-bond acceptors (Lipinski definition) is 3. The fourth-order valence-corrected chi connectivity index (χ4v) is 2.36. The zero-order valence-corrected chi connectivity index (χ0v) is 9.87. The highest BCUT2D eigenvalue weighted by atomic mass is 35.5. The maximum atomic E-state index is 5.88. The Bertz CT molecular complexity index is 458. The molecule has 3 rings (SSSR count). The summed E-state index contributed by atoms with van der Waals surface area (Å²) >= 11 is 5.86. The molecule has 0 saturated carbocycles. The van der Waals surface area contributed by atoms with Gasteiger partial charge >= 0.3 is 0 Å². The lowest BCUT2D eigenvalue weighted by atomic mass is 9.95. The van der Waals surface area contributed by atoms with Crippen LogP contribution in [-0.2, 0) is 6.42 Å².